The van der Waals surface area contributed by atoms with Gasteiger partial charge in [-0.15, -0.1) is 0 Å². The monoisotopic (exact) mass is 386 g/mol. The molecule has 5 nitrogen and oxygen atoms in total. The summed E-state index contributed by atoms with van der Waals surface area (Å²) in [6.07, 6.45) is 6.71. The summed E-state index contributed by atoms with van der Waals surface area (Å²) in [7, 11) is 1.77. The molecule has 0 spiro atoms. The van der Waals surface area contributed by atoms with Gasteiger partial charge in [0.1, 0.15) is 17.2 Å². The lowest BCUT2D eigenvalue weighted by Gasteiger charge is -2.19. The molecule has 0 saturated carbocycles. The van der Waals surface area contributed by atoms with Crippen LogP contribution in [-0.2, 0) is 12.8 Å². The lowest BCUT2D eigenvalue weighted by Crippen LogP contribution is -2.28. The lowest BCUT2D eigenvalue weighted by atomic mass is 10.1. The first-order valence-electron chi connectivity index (χ1n) is 9.61. The molecule has 144 valence electrons. The minimum Gasteiger partial charge on any atom is -0.310 e. The van der Waals surface area contributed by atoms with Gasteiger partial charge in [-0.05, 0) is 72.9 Å². The Morgan fingerprint density at radius 2 is 1.90 bits per heavy atom. The molecular weight excluding hydrogens is 367 g/mol. The summed E-state index contributed by atoms with van der Waals surface area (Å²) in [6.45, 7) is 0. The smallest absolute Gasteiger partial charge is 0.277 e. The summed E-state index contributed by atoms with van der Waals surface area (Å²) < 4.78 is 15.1. The van der Waals surface area contributed by atoms with Crippen molar-refractivity contribution in [3.63, 3.8) is 0 Å². The van der Waals surface area contributed by atoms with Gasteiger partial charge < -0.3 is 4.90 Å². The van der Waals surface area contributed by atoms with Gasteiger partial charge in [-0.1, -0.05) is 6.07 Å². The van der Waals surface area contributed by atoms with E-state index in [-0.39, 0.29) is 11.7 Å². The number of aryl methyl sites for hydroxylation is 2. The molecule has 6 heteroatoms. The third kappa shape index (κ3) is 2.97. The fourth-order valence-electron chi connectivity index (χ4n) is 3.94. The number of halogens is 1. The van der Waals surface area contributed by atoms with Crippen LogP contribution < -0.4 is 4.90 Å². The molecular formula is C23H19FN4O. The molecule has 0 atom stereocenters. The Kier molecular flexibility index (Phi) is 4.12. The maximum atomic E-state index is 13.5. The predicted octanol–water partition coefficient (Wildman–Crippen LogP) is 4.30. The molecule has 1 amide bonds. The molecule has 0 N–H and O–H groups in total. The van der Waals surface area contributed by atoms with Crippen molar-refractivity contribution in [3.8, 4) is 11.3 Å². The van der Waals surface area contributed by atoms with E-state index in [4.69, 9.17) is 0 Å². The number of fused-ring (bicyclic) bond motifs is 2. The van der Waals surface area contributed by atoms with Gasteiger partial charge in [0.2, 0.25) is 5.78 Å². The number of hydrogen-bond acceptors (Lipinski definition) is 3. The number of hydrogen-bond donors (Lipinski definition) is 0. The molecule has 1 aliphatic rings. The van der Waals surface area contributed by atoms with Crippen LogP contribution in [0.4, 0.5) is 10.1 Å². The Morgan fingerprint density at radius 3 is 2.72 bits per heavy atom. The van der Waals surface area contributed by atoms with Crippen LogP contribution >= 0.6 is 0 Å². The van der Waals surface area contributed by atoms with Crippen molar-refractivity contribution in [2.24, 2.45) is 0 Å². The zero-order chi connectivity index (χ0) is 20.0. The Hall–Kier alpha value is -3.54. The van der Waals surface area contributed by atoms with Gasteiger partial charge in [-0.3, -0.25) is 9.20 Å². The molecule has 0 bridgehead atoms. The van der Waals surface area contributed by atoms with Crippen LogP contribution in [0.3, 0.4) is 0 Å². The topological polar surface area (TPSA) is 50.5 Å². The van der Waals surface area contributed by atoms with Crippen LogP contribution in [0.15, 0.2) is 60.9 Å². The van der Waals surface area contributed by atoms with Crippen molar-refractivity contribution in [3.05, 3.63) is 83.6 Å². The number of aromatic nitrogens is 3. The first-order chi connectivity index (χ1) is 14.1. The van der Waals surface area contributed by atoms with Crippen LogP contribution in [0, 0.1) is 5.82 Å². The summed E-state index contributed by atoms with van der Waals surface area (Å²) in [5.74, 6) is -0.0981. The Morgan fingerprint density at radius 1 is 1.10 bits per heavy atom. The zero-order valence-electron chi connectivity index (χ0n) is 16.0. The van der Waals surface area contributed by atoms with E-state index in [0.29, 0.717) is 22.7 Å². The first-order valence-corrected chi connectivity index (χ1v) is 9.61. The highest BCUT2D eigenvalue weighted by atomic mass is 19.1. The largest absolute Gasteiger partial charge is 0.310 e. The minimum absolute atomic E-state index is 0.192. The van der Waals surface area contributed by atoms with E-state index in [1.807, 2.05) is 6.07 Å². The maximum Gasteiger partial charge on any atom is 0.277 e. The van der Waals surface area contributed by atoms with Crippen molar-refractivity contribution >= 4 is 17.4 Å². The van der Waals surface area contributed by atoms with Crippen molar-refractivity contribution in [1.82, 2.24) is 14.4 Å². The molecule has 2 heterocycles. The molecule has 0 aliphatic heterocycles. The predicted molar refractivity (Wildman–Crippen MR) is 110 cm³/mol. The van der Waals surface area contributed by atoms with Crippen LogP contribution in [0.2, 0.25) is 0 Å². The molecule has 1 aliphatic carbocycles. The third-order valence-corrected chi connectivity index (χ3v) is 5.50. The molecule has 0 unspecified atom stereocenters. The third-order valence-electron chi connectivity index (χ3n) is 5.50. The Labute approximate surface area is 167 Å². The molecule has 5 rings (SSSR count). The van der Waals surface area contributed by atoms with Crippen LogP contribution in [0.1, 0.15) is 28.0 Å². The molecule has 2 aromatic heterocycles. The van der Waals surface area contributed by atoms with Gasteiger partial charge in [-0.25, -0.2) is 14.4 Å². The molecule has 4 aromatic rings. The quantitative estimate of drug-likeness (QED) is 0.527. The molecule has 29 heavy (non-hydrogen) atoms. The highest BCUT2D eigenvalue weighted by Crippen LogP contribution is 2.29. The van der Waals surface area contributed by atoms with Crippen LogP contribution in [-0.4, -0.2) is 27.3 Å². The van der Waals surface area contributed by atoms with Crippen molar-refractivity contribution in [2.75, 3.05) is 11.9 Å². The number of benzene rings is 2. The number of carbonyl (C=O) groups is 1. The highest BCUT2D eigenvalue weighted by molar-refractivity contribution is 6.09. The van der Waals surface area contributed by atoms with Gasteiger partial charge in [0, 0.05) is 30.7 Å². The summed E-state index contributed by atoms with van der Waals surface area (Å²) >= 11 is 0. The van der Waals surface area contributed by atoms with E-state index in [2.05, 4.69) is 22.1 Å². The van der Waals surface area contributed by atoms with Gasteiger partial charge in [-0.2, -0.15) is 0 Å². The number of imidazole rings is 1. The van der Waals surface area contributed by atoms with E-state index >= 15 is 0 Å². The average Bonchev–Trinajstić information content (AvgIpc) is 3.37. The standard InChI is InChI=1S/C23H19FN4O/c1-27(19-11-8-15-4-2-5-17(15)14-19)22(29)21-20(16-6-9-18(24)10-7-16)26-23-25-12-3-13-28(21)23/h3,6-14H,2,4-5H2,1H3. The van der Waals surface area contributed by atoms with Crippen molar-refractivity contribution < 1.29 is 9.18 Å². The number of rotatable bonds is 3. The normalized spacial score (nSPS) is 12.9. The maximum absolute atomic E-state index is 13.5. The summed E-state index contributed by atoms with van der Waals surface area (Å²) in [4.78, 5) is 24.0. The first kappa shape index (κ1) is 17.6. The average molecular weight is 386 g/mol. The van der Waals surface area contributed by atoms with Gasteiger partial charge in [0.25, 0.3) is 5.91 Å². The van der Waals surface area contributed by atoms with E-state index in [0.717, 1.165) is 24.9 Å². The second-order valence-electron chi connectivity index (χ2n) is 7.28. The van der Waals surface area contributed by atoms with Gasteiger partial charge in [0.15, 0.2) is 0 Å². The number of nitrogens with zero attached hydrogens (tertiary/aromatic N) is 4. The zero-order valence-corrected chi connectivity index (χ0v) is 16.0. The fourth-order valence-corrected chi connectivity index (χ4v) is 3.94. The Balaban J connectivity index is 1.62. The molecule has 0 saturated heterocycles. The Bertz CT molecular complexity index is 1230. The molecule has 0 radical (unpaired) electrons. The SMILES string of the molecule is CN(C(=O)c1c(-c2ccc(F)cc2)nc2ncccn12)c1ccc2c(c1)CCC2. The molecule has 2 aromatic carbocycles. The highest BCUT2D eigenvalue weighted by Gasteiger charge is 2.25. The minimum atomic E-state index is -0.334. The number of anilines is 1. The summed E-state index contributed by atoms with van der Waals surface area (Å²) in [5, 5.41) is 0. The summed E-state index contributed by atoms with van der Waals surface area (Å²) in [6, 6.07) is 13.9. The van der Waals surface area contributed by atoms with Crippen LogP contribution in [0.25, 0.3) is 17.0 Å². The number of amides is 1. The van der Waals surface area contributed by atoms with Crippen molar-refractivity contribution in [2.45, 2.75) is 19.3 Å². The van der Waals surface area contributed by atoms with Crippen molar-refractivity contribution in [1.29, 1.82) is 0 Å². The van der Waals surface area contributed by atoms with Gasteiger partial charge in [0.05, 0.1) is 0 Å². The van der Waals surface area contributed by atoms with E-state index in [9.17, 15) is 9.18 Å². The van der Waals surface area contributed by atoms with Crippen LogP contribution in [0.5, 0.6) is 0 Å². The fraction of sp³-hybridized carbons (Fsp3) is 0.174. The molecule has 0 fully saturated rings. The van der Waals surface area contributed by atoms with E-state index in [1.54, 1.807) is 46.9 Å². The second kappa shape index (κ2) is 6.81. The van der Waals surface area contributed by atoms with Gasteiger partial charge >= 0.3 is 0 Å². The number of carbonyl (C=O) groups excluding carboxylic acids is 1. The van der Waals surface area contributed by atoms with E-state index < -0.39 is 0 Å². The summed E-state index contributed by atoms with van der Waals surface area (Å²) in [5.41, 5.74) is 5.08. The van der Waals surface area contributed by atoms with E-state index in [1.165, 1.54) is 23.3 Å². The second-order valence-corrected chi connectivity index (χ2v) is 7.28. The lowest BCUT2D eigenvalue weighted by molar-refractivity contribution is 0.0988.